The molecule has 1 amide bonds. The van der Waals surface area contributed by atoms with Crippen LogP contribution in [-0.4, -0.2) is 20.1 Å². The molecular formula is C15H17NO4. The molecule has 1 heterocycles. The summed E-state index contributed by atoms with van der Waals surface area (Å²) in [5.41, 5.74) is 0.451. The molecule has 0 aliphatic rings. The van der Waals surface area contributed by atoms with Crippen molar-refractivity contribution in [2.24, 2.45) is 0 Å². The van der Waals surface area contributed by atoms with Crippen LogP contribution in [0.1, 0.15) is 29.1 Å². The Bertz CT molecular complexity index is 578. The van der Waals surface area contributed by atoms with E-state index in [1.807, 2.05) is 13.0 Å². The molecule has 1 aromatic carbocycles. The van der Waals surface area contributed by atoms with Crippen LogP contribution in [0, 0.1) is 0 Å². The maximum Gasteiger partial charge on any atom is 0.255 e. The van der Waals surface area contributed by atoms with Crippen LogP contribution < -0.4 is 14.8 Å². The zero-order valence-corrected chi connectivity index (χ0v) is 11.7. The van der Waals surface area contributed by atoms with Gasteiger partial charge in [-0.25, -0.2) is 0 Å². The summed E-state index contributed by atoms with van der Waals surface area (Å²) < 4.78 is 15.6. The molecule has 106 valence electrons. The van der Waals surface area contributed by atoms with Gasteiger partial charge in [0, 0.05) is 6.07 Å². The Kier molecular flexibility index (Phi) is 4.30. The maximum absolute atomic E-state index is 12.3. The zero-order valence-electron chi connectivity index (χ0n) is 11.7. The Balaban J connectivity index is 2.16. The highest BCUT2D eigenvalue weighted by atomic mass is 16.5. The van der Waals surface area contributed by atoms with E-state index in [1.165, 1.54) is 7.11 Å². The van der Waals surface area contributed by atoms with Gasteiger partial charge >= 0.3 is 0 Å². The molecule has 0 saturated carbocycles. The van der Waals surface area contributed by atoms with Crippen molar-refractivity contribution in [2.45, 2.75) is 13.0 Å². The highest BCUT2D eigenvalue weighted by Crippen LogP contribution is 2.25. The molecule has 0 radical (unpaired) electrons. The molecule has 0 spiro atoms. The fourth-order valence-electron chi connectivity index (χ4n) is 1.87. The van der Waals surface area contributed by atoms with Gasteiger partial charge in [0.15, 0.2) is 0 Å². The summed E-state index contributed by atoms with van der Waals surface area (Å²) in [6, 6.07) is 8.44. The minimum absolute atomic E-state index is 0.218. The molecule has 0 fully saturated rings. The van der Waals surface area contributed by atoms with Crippen LogP contribution >= 0.6 is 0 Å². The van der Waals surface area contributed by atoms with Gasteiger partial charge in [0.1, 0.15) is 17.3 Å². The summed E-state index contributed by atoms with van der Waals surface area (Å²) in [7, 11) is 3.08. The van der Waals surface area contributed by atoms with Crippen molar-refractivity contribution in [1.29, 1.82) is 0 Å². The number of amides is 1. The summed E-state index contributed by atoms with van der Waals surface area (Å²) in [6.07, 6.45) is 1.58. The summed E-state index contributed by atoms with van der Waals surface area (Å²) in [5, 5.41) is 2.86. The van der Waals surface area contributed by atoms with E-state index in [0.29, 0.717) is 22.8 Å². The van der Waals surface area contributed by atoms with Crippen molar-refractivity contribution < 1.29 is 18.7 Å². The number of nitrogens with one attached hydrogen (secondary N) is 1. The van der Waals surface area contributed by atoms with E-state index < -0.39 is 0 Å². The predicted molar refractivity (Wildman–Crippen MR) is 74.1 cm³/mol. The summed E-state index contributed by atoms with van der Waals surface area (Å²) in [6.45, 7) is 1.85. The Hall–Kier alpha value is -2.43. The van der Waals surface area contributed by atoms with E-state index in [9.17, 15) is 4.79 Å². The first-order valence-corrected chi connectivity index (χ1v) is 6.22. The van der Waals surface area contributed by atoms with Gasteiger partial charge in [0.25, 0.3) is 5.91 Å². The van der Waals surface area contributed by atoms with Crippen LogP contribution in [0.2, 0.25) is 0 Å². The van der Waals surface area contributed by atoms with Crippen LogP contribution in [0.3, 0.4) is 0 Å². The molecule has 0 bridgehead atoms. The third kappa shape index (κ3) is 2.93. The first-order valence-electron chi connectivity index (χ1n) is 6.22. The first kappa shape index (κ1) is 14.0. The number of furan rings is 1. The van der Waals surface area contributed by atoms with Gasteiger partial charge < -0.3 is 19.2 Å². The first-order chi connectivity index (χ1) is 9.65. The minimum Gasteiger partial charge on any atom is -0.497 e. The van der Waals surface area contributed by atoms with Crippen molar-refractivity contribution in [1.82, 2.24) is 5.32 Å². The standard InChI is InChI=1S/C15H17NO4/c1-10(13-5-4-8-20-13)16-15(17)12-7-6-11(18-2)9-14(12)19-3/h4-10H,1-3H3,(H,16,17). The van der Waals surface area contributed by atoms with Gasteiger partial charge in [-0.05, 0) is 31.2 Å². The largest absolute Gasteiger partial charge is 0.497 e. The highest BCUT2D eigenvalue weighted by molar-refractivity contribution is 5.97. The minimum atomic E-state index is -0.228. The van der Waals surface area contributed by atoms with Gasteiger partial charge in [-0.3, -0.25) is 4.79 Å². The number of rotatable bonds is 5. The van der Waals surface area contributed by atoms with E-state index in [4.69, 9.17) is 13.9 Å². The quantitative estimate of drug-likeness (QED) is 0.911. The molecule has 2 aromatic rings. The molecule has 5 nitrogen and oxygen atoms in total. The lowest BCUT2D eigenvalue weighted by molar-refractivity contribution is 0.0932. The van der Waals surface area contributed by atoms with Crippen molar-refractivity contribution in [2.75, 3.05) is 14.2 Å². The van der Waals surface area contributed by atoms with Crippen LogP contribution in [0.15, 0.2) is 41.0 Å². The molecule has 0 aliphatic carbocycles. The topological polar surface area (TPSA) is 60.7 Å². The second-order valence-corrected chi connectivity index (χ2v) is 4.28. The SMILES string of the molecule is COc1ccc(C(=O)NC(C)c2ccco2)c(OC)c1. The second kappa shape index (κ2) is 6.14. The van der Waals surface area contributed by atoms with Gasteiger partial charge in [-0.2, -0.15) is 0 Å². The lowest BCUT2D eigenvalue weighted by Gasteiger charge is -2.14. The van der Waals surface area contributed by atoms with Crippen molar-refractivity contribution >= 4 is 5.91 Å². The monoisotopic (exact) mass is 275 g/mol. The van der Waals surface area contributed by atoms with Crippen molar-refractivity contribution in [3.05, 3.63) is 47.9 Å². The zero-order chi connectivity index (χ0) is 14.5. The normalized spacial score (nSPS) is 11.8. The number of benzene rings is 1. The van der Waals surface area contributed by atoms with Crippen molar-refractivity contribution in [3.8, 4) is 11.5 Å². The molecule has 2 rings (SSSR count). The molecule has 1 N–H and O–H groups in total. The summed E-state index contributed by atoms with van der Waals surface area (Å²) >= 11 is 0. The van der Waals surface area contributed by atoms with Crippen LogP contribution in [0.4, 0.5) is 0 Å². The maximum atomic E-state index is 12.3. The Morgan fingerprint density at radius 3 is 2.65 bits per heavy atom. The van der Waals surface area contributed by atoms with E-state index in [0.717, 1.165) is 0 Å². The fraction of sp³-hybridized carbons (Fsp3) is 0.267. The third-order valence-corrected chi connectivity index (χ3v) is 2.97. The third-order valence-electron chi connectivity index (χ3n) is 2.97. The number of ether oxygens (including phenoxy) is 2. The highest BCUT2D eigenvalue weighted by Gasteiger charge is 2.17. The van der Waals surface area contributed by atoms with E-state index in [1.54, 1.807) is 37.6 Å². The lowest BCUT2D eigenvalue weighted by atomic mass is 10.1. The molecule has 1 aromatic heterocycles. The lowest BCUT2D eigenvalue weighted by Crippen LogP contribution is -2.26. The molecule has 20 heavy (non-hydrogen) atoms. The van der Waals surface area contributed by atoms with Crippen LogP contribution in [0.5, 0.6) is 11.5 Å². The average molecular weight is 275 g/mol. The number of methoxy groups -OCH3 is 2. The van der Waals surface area contributed by atoms with E-state index in [-0.39, 0.29) is 11.9 Å². The number of carbonyl (C=O) groups excluding carboxylic acids is 1. The molecular weight excluding hydrogens is 258 g/mol. The smallest absolute Gasteiger partial charge is 0.255 e. The van der Waals surface area contributed by atoms with Gasteiger partial charge in [-0.15, -0.1) is 0 Å². The van der Waals surface area contributed by atoms with E-state index in [2.05, 4.69) is 5.32 Å². The number of hydrogen-bond acceptors (Lipinski definition) is 4. The Morgan fingerprint density at radius 2 is 2.05 bits per heavy atom. The van der Waals surface area contributed by atoms with Crippen molar-refractivity contribution in [3.63, 3.8) is 0 Å². The Labute approximate surface area is 117 Å². The average Bonchev–Trinajstić information content (AvgIpc) is 3.00. The predicted octanol–water partition coefficient (Wildman–Crippen LogP) is 2.79. The number of hydrogen-bond donors (Lipinski definition) is 1. The van der Waals surface area contributed by atoms with Gasteiger partial charge in [0.2, 0.25) is 0 Å². The molecule has 0 saturated heterocycles. The fourth-order valence-corrected chi connectivity index (χ4v) is 1.87. The number of carbonyl (C=O) groups is 1. The molecule has 1 unspecified atom stereocenters. The molecule has 5 heteroatoms. The van der Waals surface area contributed by atoms with Crippen LogP contribution in [0.25, 0.3) is 0 Å². The molecule has 0 aliphatic heterocycles. The van der Waals surface area contributed by atoms with Crippen LogP contribution in [-0.2, 0) is 0 Å². The molecule has 1 atom stereocenters. The second-order valence-electron chi connectivity index (χ2n) is 4.28. The van der Waals surface area contributed by atoms with Gasteiger partial charge in [0.05, 0.1) is 32.1 Å². The summed E-state index contributed by atoms with van der Waals surface area (Å²) in [4.78, 5) is 12.3. The Morgan fingerprint density at radius 1 is 1.25 bits per heavy atom. The van der Waals surface area contributed by atoms with E-state index >= 15 is 0 Å². The summed E-state index contributed by atoms with van der Waals surface area (Å²) in [5.74, 6) is 1.57. The van der Waals surface area contributed by atoms with Gasteiger partial charge in [-0.1, -0.05) is 0 Å².